The smallest absolute Gasteiger partial charge is 0.224 e. The molecule has 1 saturated heterocycles. The number of hydrogen-bond acceptors (Lipinski definition) is 4. The molecule has 2 aliphatic rings. The van der Waals surface area contributed by atoms with Gasteiger partial charge in [0.15, 0.2) is 0 Å². The summed E-state index contributed by atoms with van der Waals surface area (Å²) in [7, 11) is 0. The molecule has 1 aliphatic heterocycles. The molecule has 0 aromatic heterocycles. The van der Waals surface area contributed by atoms with Gasteiger partial charge in [-0.05, 0) is 12.8 Å². The summed E-state index contributed by atoms with van der Waals surface area (Å²) in [6, 6.07) is 2.63. The molecule has 2 unspecified atom stereocenters. The van der Waals surface area contributed by atoms with Gasteiger partial charge < -0.3 is 15.0 Å². The summed E-state index contributed by atoms with van der Waals surface area (Å²) in [5.41, 5.74) is 0. The molecule has 2 atom stereocenters. The minimum atomic E-state index is 0.128. The van der Waals surface area contributed by atoms with E-state index in [1.807, 2.05) is 4.90 Å². The largest absolute Gasteiger partial charge is 0.378 e. The lowest BCUT2D eigenvalue weighted by Crippen LogP contribution is -2.42. The second kappa shape index (κ2) is 6.72. The van der Waals surface area contributed by atoms with Crippen molar-refractivity contribution in [3.63, 3.8) is 0 Å². The van der Waals surface area contributed by atoms with Crippen molar-refractivity contribution in [2.24, 2.45) is 5.92 Å². The van der Waals surface area contributed by atoms with Crippen LogP contribution in [-0.4, -0.2) is 49.7 Å². The van der Waals surface area contributed by atoms with Crippen molar-refractivity contribution in [3.8, 4) is 6.07 Å². The number of nitrogens with one attached hydrogen (secondary N) is 1. The zero-order chi connectivity index (χ0) is 12.8. The van der Waals surface area contributed by atoms with Crippen molar-refractivity contribution in [1.82, 2.24) is 10.2 Å². The Morgan fingerprint density at radius 2 is 2.17 bits per heavy atom. The second-order valence-corrected chi connectivity index (χ2v) is 4.97. The van der Waals surface area contributed by atoms with E-state index in [2.05, 4.69) is 11.4 Å². The lowest BCUT2D eigenvalue weighted by atomic mass is 10.1. The van der Waals surface area contributed by atoms with Gasteiger partial charge in [0.1, 0.15) is 0 Å². The second-order valence-electron chi connectivity index (χ2n) is 4.97. The minimum Gasteiger partial charge on any atom is -0.378 e. The van der Waals surface area contributed by atoms with Gasteiger partial charge in [-0.3, -0.25) is 4.79 Å². The van der Waals surface area contributed by atoms with Crippen LogP contribution in [0, 0.1) is 17.2 Å². The molecule has 1 heterocycles. The average Bonchev–Trinajstić information content (AvgIpc) is 2.87. The van der Waals surface area contributed by atoms with E-state index in [9.17, 15) is 4.79 Å². The van der Waals surface area contributed by atoms with E-state index >= 15 is 0 Å². The maximum atomic E-state index is 11.9. The average molecular weight is 251 g/mol. The maximum absolute atomic E-state index is 11.9. The van der Waals surface area contributed by atoms with Crippen molar-refractivity contribution in [1.29, 1.82) is 5.26 Å². The van der Waals surface area contributed by atoms with Crippen molar-refractivity contribution in [2.75, 3.05) is 32.8 Å². The van der Waals surface area contributed by atoms with Crippen LogP contribution in [0.2, 0.25) is 0 Å². The Balaban J connectivity index is 1.65. The van der Waals surface area contributed by atoms with Crippen LogP contribution >= 0.6 is 0 Å². The van der Waals surface area contributed by atoms with Crippen LogP contribution in [0.4, 0.5) is 0 Å². The lowest BCUT2D eigenvalue weighted by Gasteiger charge is -2.27. The SMILES string of the molecule is N#CC1CCCC1NCCC(=O)N1CCOCC1. The number of carbonyl (C=O) groups excluding carboxylic acids is 1. The molecule has 2 fully saturated rings. The Kier molecular flexibility index (Phi) is 4.97. The summed E-state index contributed by atoms with van der Waals surface area (Å²) in [4.78, 5) is 13.8. The first kappa shape index (κ1) is 13.3. The van der Waals surface area contributed by atoms with E-state index < -0.39 is 0 Å². The van der Waals surface area contributed by atoms with Crippen LogP contribution < -0.4 is 5.32 Å². The lowest BCUT2D eigenvalue weighted by molar-refractivity contribution is -0.135. The molecule has 0 radical (unpaired) electrons. The molecular weight excluding hydrogens is 230 g/mol. The normalized spacial score (nSPS) is 28.1. The van der Waals surface area contributed by atoms with Gasteiger partial charge in [-0.25, -0.2) is 0 Å². The third-order valence-corrected chi connectivity index (χ3v) is 3.79. The zero-order valence-corrected chi connectivity index (χ0v) is 10.7. The van der Waals surface area contributed by atoms with Crippen LogP contribution in [0.5, 0.6) is 0 Å². The van der Waals surface area contributed by atoms with E-state index in [4.69, 9.17) is 10.00 Å². The number of morpholine rings is 1. The standard InChI is InChI=1S/C13H21N3O2/c14-10-11-2-1-3-12(11)15-5-4-13(17)16-6-8-18-9-7-16/h11-12,15H,1-9H2. The number of carbonyl (C=O) groups is 1. The Hall–Kier alpha value is -1.12. The summed E-state index contributed by atoms with van der Waals surface area (Å²) in [5, 5.41) is 12.3. The first-order valence-corrected chi connectivity index (χ1v) is 6.80. The molecular formula is C13H21N3O2. The third-order valence-electron chi connectivity index (χ3n) is 3.79. The van der Waals surface area contributed by atoms with Crippen molar-refractivity contribution < 1.29 is 9.53 Å². The van der Waals surface area contributed by atoms with E-state index in [1.165, 1.54) is 0 Å². The molecule has 0 aromatic rings. The Bertz CT molecular complexity index is 321. The highest BCUT2D eigenvalue weighted by molar-refractivity contribution is 5.76. The summed E-state index contributed by atoms with van der Waals surface area (Å²) in [6.07, 6.45) is 3.69. The highest BCUT2D eigenvalue weighted by Crippen LogP contribution is 2.24. The van der Waals surface area contributed by atoms with E-state index in [1.54, 1.807) is 0 Å². The number of hydrogen-bond donors (Lipinski definition) is 1. The summed E-state index contributed by atoms with van der Waals surface area (Å²) < 4.78 is 5.22. The van der Waals surface area contributed by atoms with Gasteiger partial charge in [0.25, 0.3) is 0 Å². The molecule has 0 bridgehead atoms. The van der Waals surface area contributed by atoms with Gasteiger partial charge in [0.05, 0.1) is 25.2 Å². The van der Waals surface area contributed by atoms with Crippen molar-refractivity contribution in [2.45, 2.75) is 31.7 Å². The summed E-state index contributed by atoms with van der Waals surface area (Å²) in [5.74, 6) is 0.320. The fourth-order valence-corrected chi connectivity index (χ4v) is 2.69. The molecule has 1 amide bonds. The van der Waals surface area contributed by atoms with Crippen LogP contribution in [0.3, 0.4) is 0 Å². The Morgan fingerprint density at radius 3 is 2.89 bits per heavy atom. The first-order valence-electron chi connectivity index (χ1n) is 6.80. The zero-order valence-electron chi connectivity index (χ0n) is 10.7. The quantitative estimate of drug-likeness (QED) is 0.791. The molecule has 2 rings (SSSR count). The Morgan fingerprint density at radius 1 is 1.39 bits per heavy atom. The monoisotopic (exact) mass is 251 g/mol. The maximum Gasteiger partial charge on any atom is 0.224 e. The van der Waals surface area contributed by atoms with Gasteiger partial charge in [0, 0.05) is 32.1 Å². The minimum absolute atomic E-state index is 0.128. The van der Waals surface area contributed by atoms with E-state index in [0.29, 0.717) is 39.3 Å². The fraction of sp³-hybridized carbons (Fsp3) is 0.846. The molecule has 1 aliphatic carbocycles. The number of rotatable bonds is 4. The highest BCUT2D eigenvalue weighted by atomic mass is 16.5. The molecule has 1 saturated carbocycles. The van der Waals surface area contributed by atoms with Crippen LogP contribution in [0.25, 0.3) is 0 Å². The molecule has 1 N–H and O–H groups in total. The summed E-state index contributed by atoms with van der Waals surface area (Å²) in [6.45, 7) is 3.40. The molecule has 18 heavy (non-hydrogen) atoms. The van der Waals surface area contributed by atoms with Crippen LogP contribution in [-0.2, 0) is 9.53 Å². The van der Waals surface area contributed by atoms with Gasteiger partial charge in [-0.1, -0.05) is 6.42 Å². The van der Waals surface area contributed by atoms with Crippen molar-refractivity contribution in [3.05, 3.63) is 0 Å². The number of nitrogens with zero attached hydrogens (tertiary/aromatic N) is 2. The predicted octanol–water partition coefficient (Wildman–Crippen LogP) is 0.517. The number of ether oxygens (including phenoxy) is 1. The molecule has 0 spiro atoms. The van der Waals surface area contributed by atoms with Gasteiger partial charge in [-0.15, -0.1) is 0 Å². The first-order chi connectivity index (χ1) is 8.81. The van der Waals surface area contributed by atoms with Gasteiger partial charge >= 0.3 is 0 Å². The number of nitriles is 1. The fourth-order valence-electron chi connectivity index (χ4n) is 2.69. The van der Waals surface area contributed by atoms with Crippen LogP contribution in [0.15, 0.2) is 0 Å². The molecule has 5 heteroatoms. The van der Waals surface area contributed by atoms with Crippen molar-refractivity contribution >= 4 is 5.91 Å². The third kappa shape index (κ3) is 3.44. The predicted molar refractivity (Wildman–Crippen MR) is 66.8 cm³/mol. The van der Waals surface area contributed by atoms with Crippen LogP contribution in [0.1, 0.15) is 25.7 Å². The van der Waals surface area contributed by atoms with Gasteiger partial charge in [-0.2, -0.15) is 5.26 Å². The summed E-state index contributed by atoms with van der Waals surface area (Å²) >= 11 is 0. The highest BCUT2D eigenvalue weighted by Gasteiger charge is 2.26. The molecule has 100 valence electrons. The molecule has 0 aromatic carbocycles. The topological polar surface area (TPSA) is 65.4 Å². The van der Waals surface area contributed by atoms with E-state index in [0.717, 1.165) is 19.3 Å². The van der Waals surface area contributed by atoms with E-state index in [-0.39, 0.29) is 17.9 Å². The molecule has 5 nitrogen and oxygen atoms in total. The number of amides is 1. The van der Waals surface area contributed by atoms with Gasteiger partial charge in [0.2, 0.25) is 5.91 Å². The Labute approximate surface area is 108 Å².